The standard InChI is InChI=1S/C19H21N3O3/c1-14-8-3-4-9-15(14)25-13-7-12-22-17(23)19(2,21-18(22)24)16-10-5-6-11-20-16/h3-6,8-11H,7,12-13H2,1-2H3,(H,21,24). The molecule has 1 aromatic heterocycles. The average molecular weight is 339 g/mol. The Hall–Kier alpha value is -2.89. The highest BCUT2D eigenvalue weighted by Gasteiger charge is 2.49. The van der Waals surface area contributed by atoms with Gasteiger partial charge in [0, 0.05) is 12.7 Å². The van der Waals surface area contributed by atoms with E-state index in [2.05, 4.69) is 10.3 Å². The van der Waals surface area contributed by atoms with Crippen LogP contribution in [-0.2, 0) is 10.3 Å². The first kappa shape index (κ1) is 17.0. The smallest absolute Gasteiger partial charge is 0.325 e. The predicted octanol–water partition coefficient (Wildman–Crippen LogP) is 2.63. The molecule has 0 aliphatic carbocycles. The van der Waals surface area contributed by atoms with Crippen LogP contribution in [0.2, 0.25) is 0 Å². The van der Waals surface area contributed by atoms with E-state index in [0.717, 1.165) is 11.3 Å². The van der Waals surface area contributed by atoms with Crippen LogP contribution in [0.5, 0.6) is 5.75 Å². The van der Waals surface area contributed by atoms with Crippen molar-refractivity contribution >= 4 is 11.9 Å². The van der Waals surface area contributed by atoms with Crippen LogP contribution in [0, 0.1) is 6.92 Å². The Morgan fingerprint density at radius 3 is 2.64 bits per heavy atom. The van der Waals surface area contributed by atoms with Crippen LogP contribution in [0.4, 0.5) is 4.79 Å². The molecule has 6 heteroatoms. The van der Waals surface area contributed by atoms with Gasteiger partial charge in [0.05, 0.1) is 12.3 Å². The lowest BCUT2D eigenvalue weighted by atomic mass is 9.97. The Kier molecular flexibility index (Phi) is 4.70. The van der Waals surface area contributed by atoms with Crippen LogP contribution in [0.25, 0.3) is 0 Å². The van der Waals surface area contributed by atoms with Crippen molar-refractivity contribution in [2.24, 2.45) is 0 Å². The highest BCUT2D eigenvalue weighted by molar-refractivity contribution is 6.06. The third kappa shape index (κ3) is 3.33. The lowest BCUT2D eigenvalue weighted by Crippen LogP contribution is -2.41. The van der Waals surface area contributed by atoms with Crippen LogP contribution < -0.4 is 10.1 Å². The second kappa shape index (κ2) is 6.93. The molecular weight excluding hydrogens is 318 g/mol. The van der Waals surface area contributed by atoms with Gasteiger partial charge in [-0.05, 0) is 44.0 Å². The van der Waals surface area contributed by atoms with Gasteiger partial charge >= 0.3 is 6.03 Å². The molecule has 1 N–H and O–H groups in total. The van der Waals surface area contributed by atoms with Crippen molar-refractivity contribution < 1.29 is 14.3 Å². The number of hydrogen-bond acceptors (Lipinski definition) is 4. The van der Waals surface area contributed by atoms with E-state index >= 15 is 0 Å². The number of nitrogens with zero attached hydrogens (tertiary/aromatic N) is 2. The van der Waals surface area contributed by atoms with Crippen molar-refractivity contribution in [2.75, 3.05) is 13.2 Å². The molecule has 25 heavy (non-hydrogen) atoms. The molecule has 0 radical (unpaired) electrons. The first-order valence-corrected chi connectivity index (χ1v) is 8.26. The number of pyridine rings is 1. The predicted molar refractivity (Wildman–Crippen MR) is 93.1 cm³/mol. The Morgan fingerprint density at radius 2 is 1.92 bits per heavy atom. The Balaban J connectivity index is 1.59. The van der Waals surface area contributed by atoms with Crippen LogP contribution in [-0.4, -0.2) is 35.0 Å². The second-order valence-corrected chi connectivity index (χ2v) is 6.19. The number of carbonyl (C=O) groups excluding carboxylic acids is 2. The number of rotatable bonds is 6. The van der Waals surface area contributed by atoms with Crippen molar-refractivity contribution in [3.63, 3.8) is 0 Å². The van der Waals surface area contributed by atoms with E-state index in [1.54, 1.807) is 31.3 Å². The molecule has 1 unspecified atom stereocenters. The summed E-state index contributed by atoms with van der Waals surface area (Å²) in [7, 11) is 0. The summed E-state index contributed by atoms with van der Waals surface area (Å²) in [6.45, 7) is 4.39. The van der Waals surface area contributed by atoms with Gasteiger partial charge in [-0.2, -0.15) is 0 Å². The van der Waals surface area contributed by atoms with Crippen LogP contribution in [0.1, 0.15) is 24.6 Å². The largest absolute Gasteiger partial charge is 0.493 e. The van der Waals surface area contributed by atoms with E-state index in [-0.39, 0.29) is 5.91 Å². The maximum Gasteiger partial charge on any atom is 0.325 e. The Labute approximate surface area is 146 Å². The number of amides is 3. The highest BCUT2D eigenvalue weighted by atomic mass is 16.5. The van der Waals surface area contributed by atoms with Gasteiger partial charge in [-0.15, -0.1) is 0 Å². The first-order chi connectivity index (χ1) is 12.0. The molecule has 1 saturated heterocycles. The van der Waals surface area contributed by atoms with Crippen molar-refractivity contribution in [1.82, 2.24) is 15.2 Å². The van der Waals surface area contributed by atoms with E-state index in [4.69, 9.17) is 4.74 Å². The molecule has 3 amide bonds. The molecule has 1 fully saturated rings. The fourth-order valence-corrected chi connectivity index (χ4v) is 2.86. The number of para-hydroxylation sites is 1. The third-order valence-corrected chi connectivity index (χ3v) is 4.33. The van der Waals surface area contributed by atoms with Crippen LogP contribution >= 0.6 is 0 Å². The van der Waals surface area contributed by atoms with Crippen molar-refractivity contribution in [3.8, 4) is 5.75 Å². The topological polar surface area (TPSA) is 71.5 Å². The van der Waals surface area contributed by atoms with E-state index in [0.29, 0.717) is 25.3 Å². The molecule has 1 aliphatic heterocycles. The number of hydrogen-bond donors (Lipinski definition) is 1. The summed E-state index contributed by atoms with van der Waals surface area (Å²) in [5.41, 5.74) is 0.474. The average Bonchev–Trinajstić information content (AvgIpc) is 2.84. The zero-order valence-electron chi connectivity index (χ0n) is 14.4. The van der Waals surface area contributed by atoms with E-state index < -0.39 is 11.6 Å². The number of urea groups is 1. The molecule has 1 aromatic carbocycles. The van der Waals surface area contributed by atoms with Crippen LogP contribution in [0.3, 0.4) is 0 Å². The maximum absolute atomic E-state index is 12.7. The summed E-state index contributed by atoms with van der Waals surface area (Å²) in [6, 6.07) is 12.7. The minimum atomic E-state index is -1.12. The van der Waals surface area contributed by atoms with Gasteiger partial charge in [0.25, 0.3) is 5.91 Å². The Bertz CT molecular complexity index is 778. The molecule has 0 saturated carbocycles. The molecule has 2 aromatic rings. The number of nitrogens with one attached hydrogen (secondary N) is 1. The van der Waals surface area contributed by atoms with Gasteiger partial charge in [0.2, 0.25) is 0 Å². The van der Waals surface area contributed by atoms with Crippen molar-refractivity contribution in [3.05, 3.63) is 59.9 Å². The quantitative estimate of drug-likeness (QED) is 0.649. The summed E-state index contributed by atoms with van der Waals surface area (Å²) >= 11 is 0. The molecular formula is C19H21N3O3. The third-order valence-electron chi connectivity index (χ3n) is 4.33. The minimum absolute atomic E-state index is 0.285. The maximum atomic E-state index is 12.7. The number of ether oxygens (including phenoxy) is 1. The SMILES string of the molecule is Cc1ccccc1OCCCN1C(=O)NC(C)(c2ccccn2)C1=O. The lowest BCUT2D eigenvalue weighted by Gasteiger charge is -2.20. The van der Waals surface area contributed by atoms with E-state index in [9.17, 15) is 9.59 Å². The molecule has 1 aliphatic rings. The number of aromatic nitrogens is 1. The monoisotopic (exact) mass is 339 g/mol. The molecule has 1 atom stereocenters. The molecule has 2 heterocycles. The van der Waals surface area contributed by atoms with Crippen LogP contribution in [0.15, 0.2) is 48.7 Å². The molecule has 0 spiro atoms. The van der Waals surface area contributed by atoms with Gasteiger partial charge in [-0.1, -0.05) is 24.3 Å². The molecule has 0 bridgehead atoms. The summed E-state index contributed by atoms with van der Waals surface area (Å²) in [4.78, 5) is 30.4. The van der Waals surface area contributed by atoms with Gasteiger partial charge in [-0.25, -0.2) is 4.79 Å². The number of carbonyl (C=O) groups is 2. The van der Waals surface area contributed by atoms with E-state index in [1.807, 2.05) is 31.2 Å². The second-order valence-electron chi connectivity index (χ2n) is 6.19. The molecule has 6 nitrogen and oxygen atoms in total. The Morgan fingerprint density at radius 1 is 1.16 bits per heavy atom. The zero-order chi connectivity index (χ0) is 17.9. The summed E-state index contributed by atoms with van der Waals surface area (Å²) in [5.74, 6) is 0.533. The van der Waals surface area contributed by atoms with Crippen molar-refractivity contribution in [2.45, 2.75) is 25.8 Å². The zero-order valence-corrected chi connectivity index (χ0v) is 14.4. The summed E-state index contributed by atoms with van der Waals surface area (Å²) in [6.07, 6.45) is 2.17. The fourth-order valence-electron chi connectivity index (χ4n) is 2.86. The summed E-state index contributed by atoms with van der Waals surface area (Å²) < 4.78 is 5.72. The number of imide groups is 1. The first-order valence-electron chi connectivity index (χ1n) is 8.26. The van der Waals surface area contributed by atoms with E-state index in [1.165, 1.54) is 4.90 Å². The van der Waals surface area contributed by atoms with Gasteiger partial charge in [0.15, 0.2) is 5.54 Å². The summed E-state index contributed by atoms with van der Waals surface area (Å²) in [5, 5.41) is 2.75. The van der Waals surface area contributed by atoms with Gasteiger partial charge < -0.3 is 10.1 Å². The number of benzene rings is 1. The fraction of sp³-hybridized carbons (Fsp3) is 0.316. The number of aryl methyl sites for hydroxylation is 1. The minimum Gasteiger partial charge on any atom is -0.493 e. The van der Waals surface area contributed by atoms with Gasteiger partial charge in [0.1, 0.15) is 5.75 Å². The lowest BCUT2D eigenvalue weighted by molar-refractivity contribution is -0.131. The van der Waals surface area contributed by atoms with Crippen molar-refractivity contribution in [1.29, 1.82) is 0 Å². The van der Waals surface area contributed by atoms with Gasteiger partial charge in [-0.3, -0.25) is 14.7 Å². The normalized spacial score (nSPS) is 19.8. The molecule has 3 rings (SSSR count). The molecule has 130 valence electrons. The highest BCUT2D eigenvalue weighted by Crippen LogP contribution is 2.27.